The highest BCUT2D eigenvalue weighted by atomic mass is 32.2. The standard InChI is InChI=1S/C16H10O6S/c17-15(18)11-5-6-13-10(7-11)3-1-9-2-4-12(16(19)20)8-14(9)23(13,21)22/h1-8H,(H,17,18)(H,19,20). The fraction of sp³-hybridized carbons (Fsp3) is 0. The average molecular weight is 330 g/mol. The molecule has 1 heterocycles. The molecular formula is C16H10O6S. The first-order valence-corrected chi connectivity index (χ1v) is 7.97. The van der Waals surface area contributed by atoms with Crippen LogP contribution in [0.2, 0.25) is 0 Å². The summed E-state index contributed by atoms with van der Waals surface area (Å²) in [5.74, 6) is -2.38. The molecular weight excluding hydrogens is 320 g/mol. The van der Waals surface area contributed by atoms with E-state index in [1.54, 1.807) is 0 Å². The van der Waals surface area contributed by atoms with Gasteiger partial charge in [0.2, 0.25) is 9.84 Å². The molecule has 0 saturated heterocycles. The summed E-state index contributed by atoms with van der Waals surface area (Å²) in [5, 5.41) is 18.1. The van der Waals surface area contributed by atoms with Crippen LogP contribution in [0.1, 0.15) is 31.8 Å². The summed E-state index contributed by atoms with van der Waals surface area (Å²) >= 11 is 0. The van der Waals surface area contributed by atoms with Crippen LogP contribution in [-0.4, -0.2) is 30.6 Å². The first-order valence-electron chi connectivity index (χ1n) is 6.48. The maximum absolute atomic E-state index is 12.8. The van der Waals surface area contributed by atoms with Gasteiger partial charge in [-0.15, -0.1) is 0 Å². The van der Waals surface area contributed by atoms with Crippen molar-refractivity contribution in [1.82, 2.24) is 0 Å². The lowest BCUT2D eigenvalue weighted by molar-refractivity contribution is 0.0686. The van der Waals surface area contributed by atoms with Gasteiger partial charge in [-0.2, -0.15) is 0 Å². The van der Waals surface area contributed by atoms with Crippen molar-refractivity contribution in [3.63, 3.8) is 0 Å². The molecule has 7 heteroatoms. The first kappa shape index (κ1) is 15.0. The van der Waals surface area contributed by atoms with Crippen molar-refractivity contribution in [2.45, 2.75) is 9.79 Å². The Morgan fingerprint density at radius 3 is 1.96 bits per heavy atom. The second kappa shape index (κ2) is 5.06. The maximum atomic E-state index is 12.8. The van der Waals surface area contributed by atoms with Gasteiger partial charge in [0.05, 0.1) is 20.9 Å². The van der Waals surface area contributed by atoms with Gasteiger partial charge in [-0.1, -0.05) is 18.2 Å². The molecule has 0 spiro atoms. The van der Waals surface area contributed by atoms with Crippen molar-refractivity contribution < 1.29 is 28.2 Å². The Labute approximate surface area is 131 Å². The summed E-state index contributed by atoms with van der Waals surface area (Å²) in [6.07, 6.45) is 3.03. The van der Waals surface area contributed by atoms with Crippen LogP contribution < -0.4 is 0 Å². The van der Waals surface area contributed by atoms with E-state index in [0.717, 1.165) is 6.07 Å². The van der Waals surface area contributed by atoms with Crippen molar-refractivity contribution in [3.8, 4) is 0 Å². The van der Waals surface area contributed by atoms with Gasteiger partial charge in [0.1, 0.15) is 0 Å². The van der Waals surface area contributed by atoms with Gasteiger partial charge in [-0.25, -0.2) is 18.0 Å². The molecule has 0 unspecified atom stereocenters. The minimum atomic E-state index is -3.96. The molecule has 0 amide bonds. The number of rotatable bonds is 2. The van der Waals surface area contributed by atoms with E-state index in [-0.39, 0.29) is 26.5 Å². The molecule has 0 saturated carbocycles. The fourth-order valence-corrected chi connectivity index (χ4v) is 4.04. The number of aromatic carboxylic acids is 2. The van der Waals surface area contributed by atoms with Crippen LogP contribution in [0.25, 0.3) is 12.2 Å². The molecule has 3 rings (SSSR count). The summed E-state index contributed by atoms with van der Waals surface area (Å²) < 4.78 is 25.6. The van der Waals surface area contributed by atoms with Gasteiger partial charge in [0.15, 0.2) is 0 Å². The molecule has 1 aliphatic rings. The minimum absolute atomic E-state index is 0.0271. The Bertz CT molecular complexity index is 986. The zero-order valence-electron chi connectivity index (χ0n) is 11.6. The molecule has 116 valence electrons. The third-order valence-electron chi connectivity index (χ3n) is 3.54. The number of fused-ring (bicyclic) bond motifs is 2. The van der Waals surface area contributed by atoms with Crippen LogP contribution in [0.5, 0.6) is 0 Å². The van der Waals surface area contributed by atoms with Crippen molar-refractivity contribution in [3.05, 3.63) is 58.7 Å². The smallest absolute Gasteiger partial charge is 0.335 e. The van der Waals surface area contributed by atoms with Gasteiger partial charge in [0, 0.05) is 0 Å². The SMILES string of the molecule is O=C(O)c1ccc2c(c1)C=Cc1ccc(C(=O)O)cc1S2(=O)=O. The molecule has 2 aromatic carbocycles. The van der Waals surface area contributed by atoms with E-state index >= 15 is 0 Å². The highest BCUT2D eigenvalue weighted by Crippen LogP contribution is 2.33. The summed E-state index contributed by atoms with van der Waals surface area (Å²) in [7, 11) is -3.96. The molecule has 0 bridgehead atoms. The zero-order valence-corrected chi connectivity index (χ0v) is 12.4. The predicted molar refractivity (Wildman–Crippen MR) is 81.2 cm³/mol. The van der Waals surface area contributed by atoms with E-state index < -0.39 is 21.8 Å². The third-order valence-corrected chi connectivity index (χ3v) is 5.42. The van der Waals surface area contributed by atoms with E-state index in [2.05, 4.69) is 0 Å². The summed E-state index contributed by atoms with van der Waals surface area (Å²) in [6.45, 7) is 0. The normalized spacial score (nSPS) is 14.4. The quantitative estimate of drug-likeness (QED) is 0.747. The molecule has 2 aromatic rings. The number of carbonyl (C=O) groups is 2. The van der Waals surface area contributed by atoms with Crippen LogP contribution >= 0.6 is 0 Å². The topological polar surface area (TPSA) is 109 Å². The lowest BCUT2D eigenvalue weighted by atomic mass is 10.1. The number of hydrogen-bond donors (Lipinski definition) is 2. The molecule has 0 fully saturated rings. The summed E-state index contributed by atoms with van der Waals surface area (Å²) in [4.78, 5) is 21.9. The van der Waals surface area contributed by atoms with Crippen molar-refractivity contribution in [2.75, 3.05) is 0 Å². The molecule has 0 atom stereocenters. The molecule has 2 N–H and O–H groups in total. The summed E-state index contributed by atoms with van der Waals surface area (Å²) in [6, 6.07) is 7.55. The predicted octanol–water partition coefficient (Wildman–Crippen LogP) is 2.40. The van der Waals surface area contributed by atoms with E-state index in [4.69, 9.17) is 10.2 Å². The average Bonchev–Trinajstić information content (AvgIpc) is 2.62. The molecule has 0 aliphatic carbocycles. The number of benzene rings is 2. The van der Waals surface area contributed by atoms with Crippen LogP contribution in [0.4, 0.5) is 0 Å². The fourth-order valence-electron chi connectivity index (χ4n) is 2.39. The largest absolute Gasteiger partial charge is 0.478 e. The van der Waals surface area contributed by atoms with Gasteiger partial charge in [-0.3, -0.25) is 0 Å². The molecule has 6 nitrogen and oxygen atoms in total. The molecule has 0 radical (unpaired) electrons. The Kier molecular flexibility index (Phi) is 3.30. The molecule has 0 aromatic heterocycles. The monoisotopic (exact) mass is 330 g/mol. The Balaban J connectivity index is 2.30. The molecule has 23 heavy (non-hydrogen) atoms. The molecule has 1 aliphatic heterocycles. The second-order valence-electron chi connectivity index (χ2n) is 4.95. The van der Waals surface area contributed by atoms with Gasteiger partial charge >= 0.3 is 11.9 Å². The number of sulfone groups is 1. The number of carboxylic acid groups (broad SMARTS) is 2. The Hall–Kier alpha value is -2.93. The second-order valence-corrected chi connectivity index (χ2v) is 6.84. The lowest BCUT2D eigenvalue weighted by Crippen LogP contribution is -2.08. The van der Waals surface area contributed by atoms with Crippen LogP contribution in [-0.2, 0) is 9.84 Å². The number of carboxylic acids is 2. The Morgan fingerprint density at radius 1 is 0.739 bits per heavy atom. The van der Waals surface area contributed by atoms with Crippen molar-refractivity contribution in [1.29, 1.82) is 0 Å². The summed E-state index contributed by atoms with van der Waals surface area (Å²) in [5.41, 5.74) is 0.438. The highest BCUT2D eigenvalue weighted by molar-refractivity contribution is 7.91. The Morgan fingerprint density at radius 2 is 1.30 bits per heavy atom. The first-order chi connectivity index (χ1) is 10.8. The number of hydrogen-bond acceptors (Lipinski definition) is 4. The van der Waals surface area contributed by atoms with E-state index in [0.29, 0.717) is 5.56 Å². The lowest BCUT2D eigenvalue weighted by Gasteiger charge is -2.09. The third kappa shape index (κ3) is 2.40. The van der Waals surface area contributed by atoms with Gasteiger partial charge < -0.3 is 10.2 Å². The van der Waals surface area contributed by atoms with E-state index in [9.17, 15) is 18.0 Å². The van der Waals surface area contributed by atoms with Crippen LogP contribution in [0, 0.1) is 0 Å². The van der Waals surface area contributed by atoms with Crippen molar-refractivity contribution in [2.24, 2.45) is 0 Å². The van der Waals surface area contributed by atoms with E-state index in [1.165, 1.54) is 42.5 Å². The minimum Gasteiger partial charge on any atom is -0.478 e. The van der Waals surface area contributed by atoms with Crippen LogP contribution in [0.15, 0.2) is 46.2 Å². The van der Waals surface area contributed by atoms with Gasteiger partial charge in [0.25, 0.3) is 0 Å². The highest BCUT2D eigenvalue weighted by Gasteiger charge is 2.27. The maximum Gasteiger partial charge on any atom is 0.335 e. The zero-order chi connectivity index (χ0) is 16.8. The van der Waals surface area contributed by atoms with Crippen molar-refractivity contribution >= 4 is 33.9 Å². The van der Waals surface area contributed by atoms with Gasteiger partial charge in [-0.05, 0) is 41.5 Å². The van der Waals surface area contributed by atoms with E-state index in [1.807, 2.05) is 0 Å². The van der Waals surface area contributed by atoms with Crippen LogP contribution in [0.3, 0.4) is 0 Å².